The summed E-state index contributed by atoms with van der Waals surface area (Å²) in [7, 11) is -4.30. The van der Waals surface area contributed by atoms with Crippen molar-refractivity contribution in [1.82, 2.24) is 0 Å². The van der Waals surface area contributed by atoms with Crippen LogP contribution in [0.5, 0.6) is 0 Å². The van der Waals surface area contributed by atoms with E-state index in [4.69, 9.17) is 0 Å². The summed E-state index contributed by atoms with van der Waals surface area (Å²) in [5.74, 6) is 0.802. The molecule has 0 radical (unpaired) electrons. The maximum absolute atomic E-state index is 11.0. The molecule has 0 N–H and O–H groups in total. The second-order valence-electron chi connectivity index (χ2n) is 3.75. The van der Waals surface area contributed by atoms with Gasteiger partial charge in [-0.2, -0.15) is 0 Å². The molecule has 0 fully saturated rings. The summed E-state index contributed by atoms with van der Waals surface area (Å²) in [6.45, 7) is 0. The van der Waals surface area contributed by atoms with E-state index < -0.39 is 17.7 Å². The normalized spacial score (nSPS) is 12.6. The van der Waals surface area contributed by atoms with Gasteiger partial charge in [-0.05, 0) is 32.7 Å². The van der Waals surface area contributed by atoms with Gasteiger partial charge in [-0.3, -0.25) is 0 Å². The van der Waals surface area contributed by atoms with Gasteiger partial charge in [0.15, 0.2) is 17.7 Å². The monoisotopic (exact) mass is 326 g/mol. The Morgan fingerprint density at radius 2 is 1.06 bits per heavy atom. The van der Waals surface area contributed by atoms with Crippen molar-refractivity contribution in [3.8, 4) is 0 Å². The molecule has 0 saturated heterocycles. The Hall–Kier alpha value is -0.180. The molecule has 1 aromatic carbocycles. The molecule has 0 aliphatic rings. The maximum Gasteiger partial charge on any atom is 0.199 e. The van der Waals surface area contributed by atoms with E-state index >= 15 is 0 Å². The minimum absolute atomic E-state index is 0.401. The number of rotatable bonds is 6. The molecule has 0 spiro atoms. The first-order valence-electron chi connectivity index (χ1n) is 4.92. The lowest BCUT2D eigenvalue weighted by molar-refractivity contribution is 0.614. The van der Waals surface area contributed by atoms with Crippen LogP contribution in [0.1, 0.15) is 11.1 Å². The van der Waals surface area contributed by atoms with E-state index in [0.717, 1.165) is 32.7 Å². The summed E-state index contributed by atoms with van der Waals surface area (Å²) in [6.07, 6.45) is 2.35. The van der Waals surface area contributed by atoms with Gasteiger partial charge in [0, 0.05) is 24.0 Å². The molecule has 1 rings (SSSR count). The number of hydrogen-bond acceptors (Lipinski definition) is 6. The smallest absolute Gasteiger partial charge is 0.199 e. The van der Waals surface area contributed by atoms with Gasteiger partial charge in [0.2, 0.25) is 0 Å². The molecule has 0 atom stereocenters. The Kier molecular flexibility index (Phi) is 5.57. The fourth-order valence-corrected chi connectivity index (χ4v) is 4.27. The van der Waals surface area contributed by atoms with Crippen LogP contribution in [-0.4, -0.2) is 29.3 Å². The lowest BCUT2D eigenvalue weighted by atomic mass is 10.2. The van der Waals surface area contributed by atoms with Crippen LogP contribution >= 0.6 is 21.6 Å². The van der Waals surface area contributed by atoms with Gasteiger partial charge >= 0.3 is 0 Å². The quantitative estimate of drug-likeness (QED) is 0.746. The van der Waals surface area contributed by atoms with Crippen molar-refractivity contribution in [3.05, 3.63) is 35.4 Å². The first-order chi connectivity index (χ1) is 8.16. The van der Waals surface area contributed by atoms with Crippen LogP contribution in [-0.2, 0) is 29.2 Å². The van der Waals surface area contributed by atoms with E-state index in [1.165, 1.54) is 12.5 Å². The molecule has 102 valence electrons. The Morgan fingerprint density at radius 3 is 1.28 bits per heavy atom. The molecular formula is C10H14O4S4. The largest absolute Gasteiger partial charge is 0.218 e. The number of hydrogen-bond donors (Lipinski definition) is 0. The van der Waals surface area contributed by atoms with Gasteiger partial charge in [-0.25, -0.2) is 16.8 Å². The molecule has 8 heteroatoms. The van der Waals surface area contributed by atoms with Crippen molar-refractivity contribution in [2.45, 2.75) is 11.5 Å². The summed E-state index contributed by atoms with van der Waals surface area (Å²) in [5, 5.41) is 0. The molecule has 0 aliphatic heterocycles. The average molecular weight is 326 g/mol. The lowest BCUT2D eigenvalue weighted by Gasteiger charge is -2.03. The van der Waals surface area contributed by atoms with Gasteiger partial charge in [0.25, 0.3) is 0 Å². The van der Waals surface area contributed by atoms with Crippen LogP contribution in [0.25, 0.3) is 0 Å². The lowest BCUT2D eigenvalue weighted by Crippen LogP contribution is -1.92. The zero-order valence-corrected chi connectivity index (χ0v) is 13.3. The van der Waals surface area contributed by atoms with E-state index in [1.807, 2.05) is 24.3 Å². The first kappa shape index (κ1) is 15.9. The second-order valence-corrected chi connectivity index (χ2v) is 12.7. The molecule has 0 heterocycles. The van der Waals surface area contributed by atoms with Crippen LogP contribution in [0.4, 0.5) is 0 Å². The topological polar surface area (TPSA) is 68.3 Å². The molecule has 18 heavy (non-hydrogen) atoms. The Balaban J connectivity index is 2.58. The molecule has 4 nitrogen and oxygen atoms in total. The zero-order chi connectivity index (χ0) is 13.8. The molecule has 1 aromatic rings. The van der Waals surface area contributed by atoms with Gasteiger partial charge in [0.1, 0.15) is 0 Å². The zero-order valence-electron chi connectivity index (χ0n) is 9.99. The Labute approximate surface area is 115 Å². The highest BCUT2D eigenvalue weighted by molar-refractivity contribution is 8.71. The third kappa shape index (κ3) is 7.30. The van der Waals surface area contributed by atoms with Crippen molar-refractivity contribution < 1.29 is 16.8 Å². The van der Waals surface area contributed by atoms with E-state index in [2.05, 4.69) is 0 Å². The van der Waals surface area contributed by atoms with Crippen molar-refractivity contribution in [2.75, 3.05) is 12.5 Å². The van der Waals surface area contributed by atoms with E-state index in [-0.39, 0.29) is 0 Å². The predicted molar refractivity (Wildman–Crippen MR) is 78.7 cm³/mol. The molecule has 0 amide bonds. The molecule has 0 bridgehead atoms. The minimum Gasteiger partial charge on any atom is -0.218 e. The average Bonchev–Trinajstić information content (AvgIpc) is 2.23. The van der Waals surface area contributed by atoms with Gasteiger partial charge < -0.3 is 0 Å². The molecule has 0 aromatic heterocycles. The Bertz CT molecular complexity index is 532. The third-order valence-electron chi connectivity index (χ3n) is 1.90. The maximum atomic E-state index is 11.0. The second kappa shape index (κ2) is 6.31. The summed E-state index contributed by atoms with van der Waals surface area (Å²) in [5.41, 5.74) is 1.80. The van der Waals surface area contributed by atoms with Crippen molar-refractivity contribution in [3.63, 3.8) is 0 Å². The van der Waals surface area contributed by atoms with Crippen LogP contribution in [0.2, 0.25) is 0 Å². The SMILES string of the molecule is CS(=O)(=O)SCc1ccc(CSS(C)(=O)=O)cc1. The van der Waals surface area contributed by atoms with Gasteiger partial charge in [-0.1, -0.05) is 24.3 Å². The summed E-state index contributed by atoms with van der Waals surface area (Å²) in [4.78, 5) is 0. The molecule has 0 aliphatic carbocycles. The van der Waals surface area contributed by atoms with Crippen molar-refractivity contribution in [1.29, 1.82) is 0 Å². The number of benzene rings is 1. The van der Waals surface area contributed by atoms with Crippen molar-refractivity contribution >= 4 is 39.3 Å². The summed E-state index contributed by atoms with van der Waals surface area (Å²) < 4.78 is 43.9. The standard InChI is InChI=1S/C10H14O4S4/c1-17(11,12)15-7-9-3-5-10(6-4-9)8-16-18(2,13)14/h3-6H,7-8H2,1-2H3. The van der Waals surface area contributed by atoms with Crippen molar-refractivity contribution in [2.24, 2.45) is 0 Å². The molecule has 0 saturated carbocycles. The van der Waals surface area contributed by atoms with E-state index in [0.29, 0.717) is 11.5 Å². The van der Waals surface area contributed by atoms with Crippen LogP contribution in [0.3, 0.4) is 0 Å². The fourth-order valence-electron chi connectivity index (χ4n) is 1.08. The highest BCUT2D eigenvalue weighted by Crippen LogP contribution is 2.21. The Morgan fingerprint density at radius 1 is 0.778 bits per heavy atom. The van der Waals surface area contributed by atoms with E-state index in [1.54, 1.807) is 0 Å². The first-order valence-corrected chi connectivity index (χ1v) is 11.7. The van der Waals surface area contributed by atoms with Crippen LogP contribution in [0, 0.1) is 0 Å². The van der Waals surface area contributed by atoms with Crippen LogP contribution in [0.15, 0.2) is 24.3 Å². The van der Waals surface area contributed by atoms with E-state index in [9.17, 15) is 16.8 Å². The summed E-state index contributed by atoms with van der Waals surface area (Å²) in [6, 6.07) is 7.26. The highest BCUT2D eigenvalue weighted by Gasteiger charge is 2.05. The van der Waals surface area contributed by atoms with Crippen LogP contribution < -0.4 is 0 Å². The van der Waals surface area contributed by atoms with Gasteiger partial charge in [0.05, 0.1) is 0 Å². The fraction of sp³-hybridized carbons (Fsp3) is 0.400. The molecule has 0 unspecified atom stereocenters. The predicted octanol–water partition coefficient (Wildman–Crippen LogP) is 2.07. The summed E-state index contributed by atoms with van der Waals surface area (Å²) >= 11 is 0. The third-order valence-corrected chi connectivity index (χ3v) is 6.94. The van der Waals surface area contributed by atoms with Gasteiger partial charge in [-0.15, -0.1) is 0 Å². The minimum atomic E-state index is -3.03. The molecular weight excluding hydrogens is 312 g/mol. The highest BCUT2D eigenvalue weighted by atomic mass is 33.1.